The Bertz CT molecular complexity index is 821. The second-order valence-corrected chi connectivity index (χ2v) is 4.92. The van der Waals surface area contributed by atoms with Crippen LogP contribution in [0.3, 0.4) is 0 Å². The fraction of sp³-hybridized carbons (Fsp3) is 0.267. The third kappa shape index (κ3) is 2.04. The van der Waals surface area contributed by atoms with Gasteiger partial charge in [-0.3, -0.25) is 4.79 Å². The van der Waals surface area contributed by atoms with Crippen LogP contribution in [0.5, 0.6) is 0 Å². The predicted octanol–water partition coefficient (Wildman–Crippen LogP) is 1.85. The number of rotatable bonds is 1. The van der Waals surface area contributed by atoms with Gasteiger partial charge in [0.1, 0.15) is 17.3 Å². The molecule has 6 nitrogen and oxygen atoms in total. The molecule has 0 atom stereocenters. The van der Waals surface area contributed by atoms with Crippen molar-refractivity contribution in [2.45, 2.75) is 0 Å². The molecular weight excluding hydrogens is 270 g/mol. The zero-order valence-corrected chi connectivity index (χ0v) is 11.3. The van der Waals surface area contributed by atoms with E-state index in [1.807, 2.05) is 24.3 Å². The van der Waals surface area contributed by atoms with Crippen LogP contribution in [0.15, 0.2) is 34.9 Å². The molecular formula is C15H13N3O3. The summed E-state index contributed by atoms with van der Waals surface area (Å²) in [5.74, 6) is -0.0818. The Morgan fingerprint density at radius 2 is 1.81 bits per heavy atom. The van der Waals surface area contributed by atoms with Crippen molar-refractivity contribution >= 4 is 28.2 Å². The summed E-state index contributed by atoms with van der Waals surface area (Å²) in [6.07, 6.45) is 1.45. The molecule has 0 aliphatic carbocycles. The molecule has 1 amide bonds. The summed E-state index contributed by atoms with van der Waals surface area (Å²) in [7, 11) is 0. The van der Waals surface area contributed by atoms with Gasteiger partial charge in [-0.15, -0.1) is 0 Å². The molecule has 1 aliphatic heterocycles. The Morgan fingerprint density at radius 1 is 1.10 bits per heavy atom. The summed E-state index contributed by atoms with van der Waals surface area (Å²) in [4.78, 5) is 23.2. The summed E-state index contributed by atoms with van der Waals surface area (Å²) < 4.78 is 10.7. The maximum atomic E-state index is 12.6. The number of furan rings is 1. The van der Waals surface area contributed by atoms with Gasteiger partial charge in [0, 0.05) is 13.1 Å². The van der Waals surface area contributed by atoms with Crippen LogP contribution in [0.4, 0.5) is 0 Å². The fourth-order valence-corrected chi connectivity index (χ4v) is 2.50. The van der Waals surface area contributed by atoms with Crippen molar-refractivity contribution in [1.29, 1.82) is 0 Å². The predicted molar refractivity (Wildman–Crippen MR) is 76.0 cm³/mol. The first-order chi connectivity index (χ1) is 10.3. The lowest BCUT2D eigenvalue weighted by Gasteiger charge is -2.26. The van der Waals surface area contributed by atoms with Crippen molar-refractivity contribution in [2.75, 3.05) is 26.3 Å². The highest BCUT2D eigenvalue weighted by Gasteiger charge is 2.23. The molecule has 3 aromatic rings. The smallest absolute Gasteiger partial charge is 0.259 e. The molecule has 1 aromatic carbocycles. The van der Waals surface area contributed by atoms with E-state index in [1.54, 1.807) is 4.90 Å². The second-order valence-electron chi connectivity index (χ2n) is 4.92. The molecule has 0 N–H and O–H groups in total. The van der Waals surface area contributed by atoms with Gasteiger partial charge in [0.25, 0.3) is 5.91 Å². The van der Waals surface area contributed by atoms with Crippen LogP contribution in [0, 0.1) is 0 Å². The normalized spacial score (nSPS) is 15.7. The molecule has 3 heterocycles. The number of para-hydroxylation sites is 2. The molecule has 0 bridgehead atoms. The van der Waals surface area contributed by atoms with Gasteiger partial charge in [0.05, 0.1) is 24.2 Å². The quantitative estimate of drug-likeness (QED) is 0.681. The maximum Gasteiger partial charge on any atom is 0.259 e. The Balaban J connectivity index is 1.81. The number of hydrogen-bond acceptors (Lipinski definition) is 5. The minimum atomic E-state index is -0.0818. The number of fused-ring (bicyclic) bond motifs is 2. The monoisotopic (exact) mass is 283 g/mol. The van der Waals surface area contributed by atoms with E-state index in [0.29, 0.717) is 43.1 Å². The lowest BCUT2D eigenvalue weighted by Crippen LogP contribution is -2.40. The number of benzene rings is 1. The van der Waals surface area contributed by atoms with Crippen molar-refractivity contribution in [3.05, 3.63) is 36.1 Å². The number of hydrogen-bond donors (Lipinski definition) is 0. The molecule has 4 rings (SSSR count). The van der Waals surface area contributed by atoms with Crippen molar-refractivity contribution in [2.24, 2.45) is 0 Å². The van der Waals surface area contributed by atoms with Crippen LogP contribution in [0.2, 0.25) is 0 Å². The van der Waals surface area contributed by atoms with Crippen molar-refractivity contribution in [3.63, 3.8) is 0 Å². The molecule has 1 fully saturated rings. The van der Waals surface area contributed by atoms with Gasteiger partial charge < -0.3 is 14.1 Å². The molecule has 2 aromatic heterocycles. The van der Waals surface area contributed by atoms with Crippen molar-refractivity contribution in [1.82, 2.24) is 14.9 Å². The van der Waals surface area contributed by atoms with E-state index < -0.39 is 0 Å². The summed E-state index contributed by atoms with van der Waals surface area (Å²) in [6, 6.07) is 7.53. The Morgan fingerprint density at radius 3 is 2.57 bits per heavy atom. The number of aromatic nitrogens is 2. The summed E-state index contributed by atoms with van der Waals surface area (Å²) in [5, 5.41) is 0. The maximum absolute atomic E-state index is 12.6. The lowest BCUT2D eigenvalue weighted by molar-refractivity contribution is 0.0303. The van der Waals surface area contributed by atoms with E-state index in [2.05, 4.69) is 9.97 Å². The van der Waals surface area contributed by atoms with Gasteiger partial charge in [-0.05, 0) is 12.1 Å². The first-order valence-electron chi connectivity index (χ1n) is 6.84. The lowest BCUT2D eigenvalue weighted by atomic mass is 10.2. The zero-order valence-electron chi connectivity index (χ0n) is 11.3. The van der Waals surface area contributed by atoms with Crippen LogP contribution >= 0.6 is 0 Å². The molecule has 6 heteroatoms. The van der Waals surface area contributed by atoms with Gasteiger partial charge in [-0.25, -0.2) is 9.97 Å². The van der Waals surface area contributed by atoms with E-state index in [9.17, 15) is 4.79 Å². The van der Waals surface area contributed by atoms with Gasteiger partial charge in [0.15, 0.2) is 0 Å². The Kier molecular flexibility index (Phi) is 2.82. The van der Waals surface area contributed by atoms with Crippen LogP contribution in [-0.4, -0.2) is 47.1 Å². The number of ether oxygens (including phenoxy) is 1. The highest BCUT2D eigenvalue weighted by molar-refractivity contribution is 6.05. The van der Waals surface area contributed by atoms with Crippen molar-refractivity contribution < 1.29 is 13.9 Å². The number of morpholine rings is 1. The largest absolute Gasteiger partial charge is 0.444 e. The van der Waals surface area contributed by atoms with Crippen LogP contribution in [0.1, 0.15) is 10.4 Å². The Labute approximate surface area is 120 Å². The first kappa shape index (κ1) is 12.3. The van der Waals surface area contributed by atoms with E-state index in [4.69, 9.17) is 9.15 Å². The SMILES string of the molecule is O=C(c1coc2nc3ccccc3nc12)N1CCOCC1. The number of amides is 1. The van der Waals surface area contributed by atoms with E-state index in [-0.39, 0.29) is 5.91 Å². The minimum Gasteiger partial charge on any atom is -0.444 e. The topological polar surface area (TPSA) is 68.5 Å². The molecule has 0 spiro atoms. The fourth-order valence-electron chi connectivity index (χ4n) is 2.50. The highest BCUT2D eigenvalue weighted by Crippen LogP contribution is 2.22. The van der Waals surface area contributed by atoms with E-state index in [1.165, 1.54) is 6.26 Å². The first-order valence-corrected chi connectivity index (χ1v) is 6.84. The Hall–Kier alpha value is -2.47. The van der Waals surface area contributed by atoms with E-state index in [0.717, 1.165) is 11.0 Å². The molecule has 0 unspecified atom stereocenters. The molecule has 1 aliphatic rings. The zero-order chi connectivity index (χ0) is 14.2. The summed E-state index contributed by atoms with van der Waals surface area (Å²) >= 11 is 0. The molecule has 0 radical (unpaired) electrons. The summed E-state index contributed by atoms with van der Waals surface area (Å²) in [6.45, 7) is 2.31. The van der Waals surface area contributed by atoms with Crippen LogP contribution in [0.25, 0.3) is 22.3 Å². The number of nitrogens with zero attached hydrogens (tertiary/aromatic N) is 3. The van der Waals surface area contributed by atoms with Gasteiger partial charge >= 0.3 is 0 Å². The molecule has 106 valence electrons. The number of carbonyl (C=O) groups is 1. The van der Waals surface area contributed by atoms with Gasteiger partial charge in [-0.1, -0.05) is 12.1 Å². The third-order valence-corrected chi connectivity index (χ3v) is 3.61. The van der Waals surface area contributed by atoms with E-state index >= 15 is 0 Å². The number of carbonyl (C=O) groups excluding carboxylic acids is 1. The molecule has 0 saturated carbocycles. The van der Waals surface area contributed by atoms with Crippen molar-refractivity contribution in [3.8, 4) is 0 Å². The second kappa shape index (κ2) is 4.82. The highest BCUT2D eigenvalue weighted by atomic mass is 16.5. The van der Waals surface area contributed by atoms with Crippen LogP contribution in [-0.2, 0) is 4.74 Å². The molecule has 21 heavy (non-hydrogen) atoms. The average molecular weight is 283 g/mol. The third-order valence-electron chi connectivity index (χ3n) is 3.61. The summed E-state index contributed by atoms with van der Waals surface area (Å²) in [5.41, 5.74) is 2.88. The minimum absolute atomic E-state index is 0.0818. The van der Waals surface area contributed by atoms with Gasteiger partial charge in [0.2, 0.25) is 5.71 Å². The van der Waals surface area contributed by atoms with Crippen LogP contribution < -0.4 is 0 Å². The average Bonchev–Trinajstić information content (AvgIpc) is 2.95. The molecule has 1 saturated heterocycles. The standard InChI is InChI=1S/C15H13N3O3/c19-15(18-5-7-20-8-6-18)10-9-21-14-13(10)16-11-3-1-2-4-12(11)17-14/h1-4,9H,5-8H2. The van der Waals surface area contributed by atoms with Gasteiger partial charge in [-0.2, -0.15) is 0 Å².